The van der Waals surface area contributed by atoms with Crippen LogP contribution in [0.1, 0.15) is 35.3 Å². The molecule has 2 rings (SSSR count). The summed E-state index contributed by atoms with van der Waals surface area (Å²) in [5, 5.41) is 9.27. The second kappa shape index (κ2) is 5.41. The molecule has 106 valence electrons. The first-order valence-electron chi connectivity index (χ1n) is 6.78. The van der Waals surface area contributed by atoms with Crippen LogP contribution in [-0.2, 0) is 5.41 Å². The zero-order valence-electron chi connectivity index (χ0n) is 12.5. The van der Waals surface area contributed by atoms with E-state index in [0.717, 1.165) is 22.3 Å². The standard InChI is InChI=1S/C18H18N2O/c1-12-7-8-15(17(20)21)16(9-12)13-5-4-6-14(10-13)18(2,3)11-19/h4-10H,1-3H3,(H2,20,21). The topological polar surface area (TPSA) is 66.9 Å². The summed E-state index contributed by atoms with van der Waals surface area (Å²) in [5.41, 5.74) is 9.05. The summed E-state index contributed by atoms with van der Waals surface area (Å²) in [6, 6.07) is 15.5. The van der Waals surface area contributed by atoms with Crippen LogP contribution in [0.3, 0.4) is 0 Å². The smallest absolute Gasteiger partial charge is 0.249 e. The lowest BCUT2D eigenvalue weighted by atomic mass is 9.84. The highest BCUT2D eigenvalue weighted by atomic mass is 16.1. The van der Waals surface area contributed by atoms with Gasteiger partial charge in [0.05, 0.1) is 11.5 Å². The molecule has 1 amide bonds. The summed E-state index contributed by atoms with van der Waals surface area (Å²) < 4.78 is 0. The molecule has 0 atom stereocenters. The molecule has 3 nitrogen and oxygen atoms in total. The van der Waals surface area contributed by atoms with E-state index < -0.39 is 11.3 Å². The van der Waals surface area contributed by atoms with Crippen LogP contribution in [0.5, 0.6) is 0 Å². The zero-order valence-corrected chi connectivity index (χ0v) is 12.5. The highest BCUT2D eigenvalue weighted by molar-refractivity contribution is 6.00. The summed E-state index contributed by atoms with van der Waals surface area (Å²) in [6.45, 7) is 5.71. The molecular weight excluding hydrogens is 260 g/mol. The fraction of sp³-hybridized carbons (Fsp3) is 0.222. The lowest BCUT2D eigenvalue weighted by molar-refractivity contribution is 0.100. The maximum absolute atomic E-state index is 11.6. The third kappa shape index (κ3) is 2.95. The van der Waals surface area contributed by atoms with E-state index in [9.17, 15) is 10.1 Å². The van der Waals surface area contributed by atoms with Crippen molar-refractivity contribution < 1.29 is 4.79 Å². The maximum atomic E-state index is 11.6. The predicted molar refractivity (Wildman–Crippen MR) is 83.8 cm³/mol. The molecular formula is C18H18N2O. The van der Waals surface area contributed by atoms with Crippen LogP contribution >= 0.6 is 0 Å². The van der Waals surface area contributed by atoms with Gasteiger partial charge in [-0.15, -0.1) is 0 Å². The Bertz CT molecular complexity index is 739. The number of amides is 1. The van der Waals surface area contributed by atoms with Gasteiger partial charge in [0, 0.05) is 5.56 Å². The Hall–Kier alpha value is -2.60. The number of rotatable bonds is 3. The minimum atomic E-state index is -0.577. The Morgan fingerprint density at radius 1 is 1.19 bits per heavy atom. The summed E-state index contributed by atoms with van der Waals surface area (Å²) in [7, 11) is 0. The van der Waals surface area contributed by atoms with Gasteiger partial charge in [-0.1, -0.05) is 35.9 Å². The highest BCUT2D eigenvalue weighted by Crippen LogP contribution is 2.30. The highest BCUT2D eigenvalue weighted by Gasteiger charge is 2.20. The van der Waals surface area contributed by atoms with Crippen molar-refractivity contribution in [1.82, 2.24) is 0 Å². The van der Waals surface area contributed by atoms with Crippen LogP contribution < -0.4 is 5.73 Å². The van der Waals surface area contributed by atoms with E-state index in [-0.39, 0.29) is 0 Å². The van der Waals surface area contributed by atoms with Gasteiger partial charge >= 0.3 is 0 Å². The normalized spacial score (nSPS) is 11.0. The Morgan fingerprint density at radius 2 is 1.90 bits per heavy atom. The molecule has 0 saturated carbocycles. The quantitative estimate of drug-likeness (QED) is 0.932. The van der Waals surface area contributed by atoms with Crippen LogP contribution in [0.4, 0.5) is 0 Å². The first-order valence-corrected chi connectivity index (χ1v) is 6.78. The molecule has 0 aliphatic rings. The van der Waals surface area contributed by atoms with Crippen LogP contribution in [0.2, 0.25) is 0 Å². The average molecular weight is 278 g/mol. The van der Waals surface area contributed by atoms with Crippen molar-refractivity contribution in [2.75, 3.05) is 0 Å². The van der Waals surface area contributed by atoms with Gasteiger partial charge in [-0.3, -0.25) is 4.79 Å². The number of hydrogen-bond acceptors (Lipinski definition) is 2. The summed E-state index contributed by atoms with van der Waals surface area (Å²) in [4.78, 5) is 11.6. The molecule has 0 aromatic heterocycles. The molecule has 0 aliphatic carbocycles. The molecule has 0 saturated heterocycles. The van der Waals surface area contributed by atoms with Crippen molar-refractivity contribution in [1.29, 1.82) is 5.26 Å². The number of aryl methyl sites for hydroxylation is 1. The van der Waals surface area contributed by atoms with E-state index in [4.69, 9.17) is 5.73 Å². The first kappa shape index (κ1) is 14.8. The van der Waals surface area contributed by atoms with Crippen molar-refractivity contribution in [3.63, 3.8) is 0 Å². The molecule has 2 aromatic rings. The van der Waals surface area contributed by atoms with E-state index in [1.807, 2.05) is 57.2 Å². The fourth-order valence-corrected chi connectivity index (χ4v) is 2.25. The molecule has 21 heavy (non-hydrogen) atoms. The Kier molecular flexibility index (Phi) is 3.82. The summed E-state index contributed by atoms with van der Waals surface area (Å²) in [5.74, 6) is -0.449. The monoisotopic (exact) mass is 278 g/mol. The van der Waals surface area contributed by atoms with Gasteiger partial charge in [0.2, 0.25) is 5.91 Å². The number of benzene rings is 2. The Labute approximate surface area is 125 Å². The SMILES string of the molecule is Cc1ccc(C(N)=O)c(-c2cccc(C(C)(C)C#N)c2)c1. The van der Waals surface area contributed by atoms with Gasteiger partial charge < -0.3 is 5.73 Å². The number of nitrogens with two attached hydrogens (primary N) is 1. The number of nitrogens with zero attached hydrogens (tertiary/aromatic N) is 1. The number of carbonyl (C=O) groups is 1. The number of primary amides is 1. The lowest BCUT2D eigenvalue weighted by Gasteiger charge is -2.17. The molecule has 0 spiro atoms. The molecule has 0 aliphatic heterocycles. The van der Waals surface area contributed by atoms with E-state index in [0.29, 0.717) is 5.56 Å². The second-order valence-corrected chi connectivity index (χ2v) is 5.73. The van der Waals surface area contributed by atoms with E-state index in [1.54, 1.807) is 6.07 Å². The second-order valence-electron chi connectivity index (χ2n) is 5.73. The molecule has 0 fully saturated rings. The van der Waals surface area contributed by atoms with Crippen molar-refractivity contribution in [2.24, 2.45) is 5.73 Å². The zero-order chi connectivity index (χ0) is 15.6. The third-order valence-corrected chi connectivity index (χ3v) is 3.62. The number of carbonyl (C=O) groups excluding carboxylic acids is 1. The average Bonchev–Trinajstić information content (AvgIpc) is 2.47. The molecule has 2 N–H and O–H groups in total. The van der Waals surface area contributed by atoms with Gasteiger partial charge in [0.1, 0.15) is 0 Å². The molecule has 3 heteroatoms. The fourth-order valence-electron chi connectivity index (χ4n) is 2.25. The van der Waals surface area contributed by atoms with Crippen molar-refractivity contribution >= 4 is 5.91 Å². The van der Waals surface area contributed by atoms with Gasteiger partial charge in [-0.2, -0.15) is 5.26 Å². The maximum Gasteiger partial charge on any atom is 0.249 e. The van der Waals surface area contributed by atoms with Gasteiger partial charge in [0.15, 0.2) is 0 Å². The largest absolute Gasteiger partial charge is 0.366 e. The Balaban J connectivity index is 2.64. The predicted octanol–water partition coefficient (Wildman–Crippen LogP) is 3.56. The number of hydrogen-bond donors (Lipinski definition) is 1. The third-order valence-electron chi connectivity index (χ3n) is 3.62. The molecule has 2 aromatic carbocycles. The van der Waals surface area contributed by atoms with Crippen molar-refractivity contribution in [3.8, 4) is 17.2 Å². The van der Waals surface area contributed by atoms with Crippen molar-refractivity contribution in [3.05, 3.63) is 59.2 Å². The summed E-state index contributed by atoms with van der Waals surface area (Å²) >= 11 is 0. The first-order chi connectivity index (χ1) is 9.85. The molecule has 0 radical (unpaired) electrons. The van der Waals surface area contributed by atoms with Gasteiger partial charge in [0.25, 0.3) is 0 Å². The van der Waals surface area contributed by atoms with Crippen molar-refractivity contribution in [2.45, 2.75) is 26.2 Å². The Morgan fingerprint density at radius 3 is 2.52 bits per heavy atom. The van der Waals surface area contributed by atoms with Crippen LogP contribution in [0.15, 0.2) is 42.5 Å². The van der Waals surface area contributed by atoms with E-state index >= 15 is 0 Å². The number of nitriles is 1. The van der Waals surface area contributed by atoms with E-state index in [2.05, 4.69) is 6.07 Å². The summed E-state index contributed by atoms with van der Waals surface area (Å²) in [6.07, 6.45) is 0. The molecule has 0 heterocycles. The molecule has 0 unspecified atom stereocenters. The van der Waals surface area contributed by atoms with Crippen LogP contribution in [0, 0.1) is 18.3 Å². The van der Waals surface area contributed by atoms with Crippen LogP contribution in [-0.4, -0.2) is 5.91 Å². The van der Waals surface area contributed by atoms with E-state index in [1.165, 1.54) is 0 Å². The molecule has 0 bridgehead atoms. The minimum absolute atomic E-state index is 0.449. The van der Waals surface area contributed by atoms with Crippen LogP contribution in [0.25, 0.3) is 11.1 Å². The van der Waals surface area contributed by atoms with Gasteiger partial charge in [-0.05, 0) is 49.6 Å². The lowest BCUT2D eigenvalue weighted by Crippen LogP contribution is -2.14. The minimum Gasteiger partial charge on any atom is -0.366 e. The van der Waals surface area contributed by atoms with Gasteiger partial charge in [-0.25, -0.2) is 0 Å².